The SMILES string of the molecule is CN=C(NCc1ccc(CN2CCCCC2)cc1)NCc1ccc(Cl)nc1.I. The van der Waals surface area contributed by atoms with Crippen LogP contribution in [-0.2, 0) is 19.6 Å². The number of likely N-dealkylation sites (tertiary alicyclic amines) is 1. The molecular weight excluding hydrogens is 485 g/mol. The van der Waals surface area contributed by atoms with E-state index in [0.29, 0.717) is 11.7 Å². The number of piperidine rings is 1. The molecule has 1 aromatic carbocycles. The molecule has 0 atom stereocenters. The summed E-state index contributed by atoms with van der Waals surface area (Å²) in [5.41, 5.74) is 3.69. The standard InChI is InChI=1S/C21H28ClN5.HI/c1-23-21(26-15-19-9-10-20(22)24-14-19)25-13-17-5-7-18(8-6-17)16-27-11-3-2-4-12-27;/h5-10,14H,2-4,11-13,15-16H2,1H3,(H2,23,25,26);1H. The van der Waals surface area contributed by atoms with Gasteiger partial charge in [0.15, 0.2) is 5.96 Å². The Bertz CT molecular complexity index is 727. The smallest absolute Gasteiger partial charge is 0.191 e. The molecule has 0 amide bonds. The summed E-state index contributed by atoms with van der Waals surface area (Å²) in [7, 11) is 1.77. The zero-order chi connectivity index (χ0) is 18.9. The lowest BCUT2D eigenvalue weighted by atomic mass is 10.1. The molecule has 0 saturated carbocycles. The Balaban J connectivity index is 0.00000280. The third kappa shape index (κ3) is 7.56. The van der Waals surface area contributed by atoms with Crippen LogP contribution < -0.4 is 10.6 Å². The van der Waals surface area contributed by atoms with Gasteiger partial charge in [-0.1, -0.05) is 48.4 Å². The Morgan fingerprint density at radius 2 is 1.57 bits per heavy atom. The van der Waals surface area contributed by atoms with Gasteiger partial charge in [-0.3, -0.25) is 9.89 Å². The largest absolute Gasteiger partial charge is 0.352 e. The summed E-state index contributed by atoms with van der Waals surface area (Å²) in [6.45, 7) is 4.91. The highest BCUT2D eigenvalue weighted by atomic mass is 127. The van der Waals surface area contributed by atoms with Crippen molar-refractivity contribution in [2.45, 2.75) is 38.9 Å². The summed E-state index contributed by atoms with van der Waals surface area (Å²) in [6.07, 6.45) is 5.81. The molecule has 0 bridgehead atoms. The highest BCUT2D eigenvalue weighted by Crippen LogP contribution is 2.13. The number of benzene rings is 1. The quantitative estimate of drug-likeness (QED) is 0.263. The number of pyridine rings is 1. The number of aromatic nitrogens is 1. The fourth-order valence-electron chi connectivity index (χ4n) is 3.24. The van der Waals surface area contributed by atoms with Crippen LogP contribution >= 0.6 is 35.6 Å². The van der Waals surface area contributed by atoms with Gasteiger partial charge < -0.3 is 10.6 Å². The second-order valence-corrected chi connectivity index (χ2v) is 7.31. The zero-order valence-electron chi connectivity index (χ0n) is 16.3. The van der Waals surface area contributed by atoms with Gasteiger partial charge in [0.2, 0.25) is 0 Å². The summed E-state index contributed by atoms with van der Waals surface area (Å²) < 4.78 is 0. The van der Waals surface area contributed by atoms with E-state index < -0.39 is 0 Å². The van der Waals surface area contributed by atoms with E-state index >= 15 is 0 Å². The predicted octanol–water partition coefficient (Wildman–Crippen LogP) is 4.20. The molecule has 0 radical (unpaired) electrons. The van der Waals surface area contributed by atoms with E-state index in [0.717, 1.165) is 24.6 Å². The fourth-order valence-corrected chi connectivity index (χ4v) is 3.35. The van der Waals surface area contributed by atoms with Crippen molar-refractivity contribution < 1.29 is 0 Å². The molecule has 152 valence electrons. The first kappa shape index (κ1) is 22.9. The second kappa shape index (κ2) is 12.2. The summed E-state index contributed by atoms with van der Waals surface area (Å²) in [5, 5.41) is 7.14. The van der Waals surface area contributed by atoms with Crippen LogP contribution in [0.25, 0.3) is 0 Å². The minimum atomic E-state index is 0. The molecule has 1 saturated heterocycles. The predicted molar refractivity (Wildman–Crippen MR) is 127 cm³/mol. The van der Waals surface area contributed by atoms with Crippen molar-refractivity contribution in [2.75, 3.05) is 20.1 Å². The number of halogens is 2. The second-order valence-electron chi connectivity index (χ2n) is 6.92. The average molecular weight is 514 g/mol. The minimum absolute atomic E-state index is 0. The number of guanidine groups is 1. The van der Waals surface area contributed by atoms with Gasteiger partial charge in [0.25, 0.3) is 0 Å². The third-order valence-electron chi connectivity index (χ3n) is 4.81. The van der Waals surface area contributed by atoms with Crippen LogP contribution in [0, 0.1) is 0 Å². The highest BCUT2D eigenvalue weighted by Gasteiger charge is 2.10. The molecule has 2 N–H and O–H groups in total. The van der Waals surface area contributed by atoms with Gasteiger partial charge in [-0.25, -0.2) is 4.98 Å². The number of hydrogen-bond acceptors (Lipinski definition) is 3. The Morgan fingerprint density at radius 3 is 2.18 bits per heavy atom. The molecule has 1 fully saturated rings. The molecule has 2 heterocycles. The van der Waals surface area contributed by atoms with E-state index in [1.54, 1.807) is 19.3 Å². The molecule has 7 heteroatoms. The lowest BCUT2D eigenvalue weighted by molar-refractivity contribution is 0.221. The van der Waals surface area contributed by atoms with Gasteiger partial charge in [0, 0.05) is 32.9 Å². The monoisotopic (exact) mass is 513 g/mol. The first-order valence-corrected chi connectivity index (χ1v) is 9.96. The van der Waals surface area contributed by atoms with E-state index in [1.807, 2.05) is 6.07 Å². The van der Waals surface area contributed by atoms with Crippen LogP contribution in [-0.4, -0.2) is 36.0 Å². The van der Waals surface area contributed by atoms with E-state index in [9.17, 15) is 0 Å². The molecular formula is C21H29ClIN5. The lowest BCUT2D eigenvalue weighted by Gasteiger charge is -2.26. The van der Waals surface area contributed by atoms with E-state index in [-0.39, 0.29) is 24.0 Å². The van der Waals surface area contributed by atoms with Gasteiger partial charge in [-0.15, -0.1) is 24.0 Å². The zero-order valence-corrected chi connectivity index (χ0v) is 19.4. The fraction of sp³-hybridized carbons (Fsp3) is 0.429. The van der Waals surface area contributed by atoms with Crippen LogP contribution in [0.1, 0.15) is 36.0 Å². The Kier molecular flexibility index (Phi) is 10.0. The molecule has 3 rings (SSSR count). The summed E-state index contributed by atoms with van der Waals surface area (Å²) in [5.74, 6) is 0.766. The minimum Gasteiger partial charge on any atom is -0.352 e. The molecule has 1 aliphatic rings. The normalized spacial score (nSPS) is 15.0. The van der Waals surface area contributed by atoms with Crippen LogP contribution in [0.5, 0.6) is 0 Å². The molecule has 0 aliphatic carbocycles. The first-order chi connectivity index (χ1) is 13.2. The van der Waals surface area contributed by atoms with Crippen molar-refractivity contribution in [2.24, 2.45) is 4.99 Å². The van der Waals surface area contributed by atoms with Crippen LogP contribution in [0.3, 0.4) is 0 Å². The molecule has 1 aromatic heterocycles. The average Bonchev–Trinajstić information content (AvgIpc) is 2.71. The van der Waals surface area contributed by atoms with E-state index in [4.69, 9.17) is 11.6 Å². The van der Waals surface area contributed by atoms with Crippen molar-refractivity contribution in [3.63, 3.8) is 0 Å². The maximum atomic E-state index is 5.81. The van der Waals surface area contributed by atoms with Crippen molar-refractivity contribution in [3.05, 3.63) is 64.4 Å². The number of hydrogen-bond donors (Lipinski definition) is 2. The molecule has 28 heavy (non-hydrogen) atoms. The Morgan fingerprint density at radius 1 is 0.964 bits per heavy atom. The third-order valence-corrected chi connectivity index (χ3v) is 5.03. The number of nitrogens with zero attached hydrogens (tertiary/aromatic N) is 3. The molecule has 1 aliphatic heterocycles. The van der Waals surface area contributed by atoms with Crippen molar-refractivity contribution >= 4 is 41.5 Å². The Labute approximate surface area is 190 Å². The van der Waals surface area contributed by atoms with Gasteiger partial charge in [-0.05, 0) is 48.7 Å². The number of rotatable bonds is 6. The van der Waals surface area contributed by atoms with Gasteiger partial charge in [-0.2, -0.15) is 0 Å². The van der Waals surface area contributed by atoms with Crippen LogP contribution in [0.15, 0.2) is 47.6 Å². The molecule has 5 nitrogen and oxygen atoms in total. The topological polar surface area (TPSA) is 52.6 Å². The maximum Gasteiger partial charge on any atom is 0.191 e. The van der Waals surface area contributed by atoms with E-state index in [1.165, 1.54) is 43.5 Å². The molecule has 0 spiro atoms. The molecule has 2 aromatic rings. The summed E-state index contributed by atoms with van der Waals surface area (Å²) >= 11 is 5.81. The summed E-state index contributed by atoms with van der Waals surface area (Å²) in [6, 6.07) is 12.6. The maximum absolute atomic E-state index is 5.81. The van der Waals surface area contributed by atoms with Crippen LogP contribution in [0.4, 0.5) is 0 Å². The van der Waals surface area contributed by atoms with Crippen LogP contribution in [0.2, 0.25) is 5.15 Å². The van der Waals surface area contributed by atoms with Crippen molar-refractivity contribution in [1.29, 1.82) is 0 Å². The lowest BCUT2D eigenvalue weighted by Crippen LogP contribution is -2.36. The van der Waals surface area contributed by atoms with Gasteiger partial charge >= 0.3 is 0 Å². The van der Waals surface area contributed by atoms with E-state index in [2.05, 4.69) is 49.8 Å². The summed E-state index contributed by atoms with van der Waals surface area (Å²) in [4.78, 5) is 10.9. The number of aliphatic imine (C=N–C) groups is 1. The first-order valence-electron chi connectivity index (χ1n) is 9.58. The van der Waals surface area contributed by atoms with Crippen molar-refractivity contribution in [1.82, 2.24) is 20.5 Å². The Hall–Kier alpha value is -1.38. The highest BCUT2D eigenvalue weighted by molar-refractivity contribution is 14.0. The number of nitrogens with one attached hydrogen (secondary N) is 2. The van der Waals surface area contributed by atoms with Crippen molar-refractivity contribution in [3.8, 4) is 0 Å². The molecule has 0 unspecified atom stereocenters. The van der Waals surface area contributed by atoms with Gasteiger partial charge in [0.05, 0.1) is 0 Å². The van der Waals surface area contributed by atoms with Gasteiger partial charge in [0.1, 0.15) is 5.15 Å².